The largest absolute Gasteiger partial charge is 0.494 e. The molecule has 3 aromatic carbocycles. The number of hydrogen-bond donors (Lipinski definition) is 0. The van der Waals surface area contributed by atoms with Crippen LogP contribution in [0.5, 0.6) is 11.5 Å². The molecular weight excluding hydrogens is 447 g/mol. The van der Waals surface area contributed by atoms with E-state index in [4.69, 9.17) is 14.6 Å². The van der Waals surface area contributed by atoms with Crippen LogP contribution in [-0.4, -0.2) is 17.3 Å². The van der Waals surface area contributed by atoms with Gasteiger partial charge in [0.1, 0.15) is 17.3 Å². The molecule has 0 unspecified atom stereocenters. The third kappa shape index (κ3) is 3.45. The van der Waals surface area contributed by atoms with E-state index in [1.807, 2.05) is 48.3 Å². The van der Waals surface area contributed by atoms with Crippen molar-refractivity contribution in [3.63, 3.8) is 0 Å². The zero-order valence-corrected chi connectivity index (χ0v) is 18.0. The van der Waals surface area contributed by atoms with Gasteiger partial charge in [0.05, 0.1) is 18.4 Å². The minimum Gasteiger partial charge on any atom is -0.494 e. The Morgan fingerprint density at radius 3 is 2.60 bits per heavy atom. The SMILES string of the molecule is CCOc1ccc([C@H]2Oc3ccc(Br)cc3[C@@H]3CC(c4ccc(F)cc4)=NN23)cc1. The van der Waals surface area contributed by atoms with Crippen LogP contribution in [0.15, 0.2) is 76.3 Å². The molecule has 4 nitrogen and oxygen atoms in total. The summed E-state index contributed by atoms with van der Waals surface area (Å²) >= 11 is 3.57. The first kappa shape index (κ1) is 19.1. The van der Waals surface area contributed by atoms with Crippen molar-refractivity contribution >= 4 is 21.6 Å². The summed E-state index contributed by atoms with van der Waals surface area (Å²) in [7, 11) is 0. The van der Waals surface area contributed by atoms with E-state index in [1.165, 1.54) is 12.1 Å². The van der Waals surface area contributed by atoms with Crippen LogP contribution in [0, 0.1) is 5.82 Å². The fourth-order valence-electron chi connectivity index (χ4n) is 3.99. The lowest BCUT2D eigenvalue weighted by molar-refractivity contribution is -0.0191. The summed E-state index contributed by atoms with van der Waals surface area (Å²) in [6.45, 7) is 2.59. The molecule has 0 aromatic heterocycles. The van der Waals surface area contributed by atoms with Crippen LogP contribution in [0.3, 0.4) is 0 Å². The van der Waals surface area contributed by atoms with E-state index in [2.05, 4.69) is 22.0 Å². The van der Waals surface area contributed by atoms with Crippen molar-refractivity contribution in [2.75, 3.05) is 6.61 Å². The number of hydrogen-bond acceptors (Lipinski definition) is 4. The van der Waals surface area contributed by atoms with E-state index in [-0.39, 0.29) is 18.1 Å². The maximum Gasteiger partial charge on any atom is 0.213 e. The molecule has 152 valence electrons. The lowest BCUT2D eigenvalue weighted by Crippen LogP contribution is -2.33. The maximum atomic E-state index is 13.4. The second-order valence-corrected chi connectivity index (χ2v) is 8.22. The molecule has 2 heterocycles. The van der Waals surface area contributed by atoms with Crippen molar-refractivity contribution in [2.24, 2.45) is 5.10 Å². The highest BCUT2D eigenvalue weighted by Gasteiger charge is 2.41. The van der Waals surface area contributed by atoms with Crippen LogP contribution in [0.1, 0.15) is 42.3 Å². The Labute approximate surface area is 183 Å². The van der Waals surface area contributed by atoms with Crippen molar-refractivity contribution in [2.45, 2.75) is 25.6 Å². The van der Waals surface area contributed by atoms with E-state index in [0.717, 1.165) is 44.8 Å². The molecule has 5 rings (SSSR count). The van der Waals surface area contributed by atoms with Gasteiger partial charge in [-0.15, -0.1) is 0 Å². The van der Waals surface area contributed by atoms with Crippen molar-refractivity contribution in [3.05, 3.63) is 93.7 Å². The van der Waals surface area contributed by atoms with Gasteiger partial charge in [0.2, 0.25) is 6.23 Å². The second kappa shape index (κ2) is 7.76. The van der Waals surface area contributed by atoms with Gasteiger partial charge in [-0.25, -0.2) is 9.40 Å². The average Bonchev–Trinajstić information content (AvgIpc) is 3.20. The predicted molar refractivity (Wildman–Crippen MR) is 117 cm³/mol. The van der Waals surface area contributed by atoms with Crippen molar-refractivity contribution in [3.8, 4) is 11.5 Å². The Hall–Kier alpha value is -2.86. The van der Waals surface area contributed by atoms with E-state index in [9.17, 15) is 4.39 Å². The number of rotatable bonds is 4. The van der Waals surface area contributed by atoms with Crippen molar-refractivity contribution in [1.82, 2.24) is 5.01 Å². The van der Waals surface area contributed by atoms with Gasteiger partial charge in [-0.1, -0.05) is 28.1 Å². The minimum atomic E-state index is -0.350. The third-order valence-corrected chi connectivity index (χ3v) is 5.90. The lowest BCUT2D eigenvalue weighted by atomic mass is 9.96. The number of nitrogens with zero attached hydrogens (tertiary/aromatic N) is 2. The quantitative estimate of drug-likeness (QED) is 0.456. The molecule has 0 radical (unpaired) electrons. The van der Waals surface area contributed by atoms with Crippen LogP contribution in [0.4, 0.5) is 4.39 Å². The summed E-state index contributed by atoms with van der Waals surface area (Å²) in [5.74, 6) is 1.43. The monoisotopic (exact) mass is 466 g/mol. The molecular formula is C24H20BrFN2O2. The van der Waals surface area contributed by atoms with Crippen LogP contribution >= 0.6 is 15.9 Å². The van der Waals surface area contributed by atoms with Gasteiger partial charge in [0.25, 0.3) is 0 Å². The molecule has 0 N–H and O–H groups in total. The standard InChI is InChI=1S/C24H20BrFN2O2/c1-2-29-19-10-5-16(6-11-19)24-28-22(20-13-17(25)7-12-23(20)30-24)14-21(27-28)15-3-8-18(26)9-4-15/h3-13,22,24H,2,14H2,1H3/t22-,24+/m0/s1. The molecule has 2 aliphatic heterocycles. The van der Waals surface area contributed by atoms with Crippen molar-refractivity contribution in [1.29, 1.82) is 0 Å². The molecule has 0 fully saturated rings. The Morgan fingerprint density at radius 2 is 1.87 bits per heavy atom. The summed E-state index contributed by atoms with van der Waals surface area (Å²) in [5, 5.41) is 6.93. The molecule has 2 atom stereocenters. The van der Waals surface area contributed by atoms with Gasteiger partial charge in [-0.3, -0.25) is 0 Å². The van der Waals surface area contributed by atoms with Crippen LogP contribution in [0.2, 0.25) is 0 Å². The second-order valence-electron chi connectivity index (χ2n) is 7.31. The maximum absolute atomic E-state index is 13.4. The molecule has 30 heavy (non-hydrogen) atoms. The van der Waals surface area contributed by atoms with Gasteiger partial charge in [-0.05, 0) is 67.1 Å². The third-order valence-electron chi connectivity index (χ3n) is 5.41. The van der Waals surface area contributed by atoms with Gasteiger partial charge in [0, 0.05) is 22.0 Å². The first-order valence-corrected chi connectivity index (χ1v) is 10.7. The smallest absolute Gasteiger partial charge is 0.213 e. The molecule has 0 saturated carbocycles. The van der Waals surface area contributed by atoms with E-state index in [0.29, 0.717) is 6.61 Å². The first-order valence-electron chi connectivity index (χ1n) is 9.93. The molecule has 6 heteroatoms. The number of halogens is 2. The number of hydrazone groups is 1. The molecule has 0 amide bonds. The van der Waals surface area contributed by atoms with Gasteiger partial charge < -0.3 is 9.47 Å². The van der Waals surface area contributed by atoms with Crippen LogP contribution in [0.25, 0.3) is 0 Å². The van der Waals surface area contributed by atoms with Crippen LogP contribution in [-0.2, 0) is 0 Å². The Kier molecular flexibility index (Phi) is 4.95. The molecule has 0 spiro atoms. The van der Waals surface area contributed by atoms with Gasteiger partial charge in [0.15, 0.2) is 0 Å². The Bertz CT molecular complexity index is 1100. The number of ether oxygens (including phenoxy) is 2. The summed E-state index contributed by atoms with van der Waals surface area (Å²) in [4.78, 5) is 0. The normalized spacial score (nSPS) is 19.6. The highest BCUT2D eigenvalue weighted by Crippen LogP contribution is 2.48. The highest BCUT2D eigenvalue weighted by molar-refractivity contribution is 9.10. The topological polar surface area (TPSA) is 34.1 Å². The van der Waals surface area contributed by atoms with Crippen LogP contribution < -0.4 is 9.47 Å². The molecule has 0 bridgehead atoms. The first-order chi connectivity index (χ1) is 14.6. The van der Waals surface area contributed by atoms with Crippen molar-refractivity contribution < 1.29 is 13.9 Å². The van der Waals surface area contributed by atoms with E-state index in [1.54, 1.807) is 12.1 Å². The number of fused-ring (bicyclic) bond motifs is 3. The van der Waals surface area contributed by atoms with E-state index >= 15 is 0 Å². The van der Waals surface area contributed by atoms with Gasteiger partial charge >= 0.3 is 0 Å². The van der Waals surface area contributed by atoms with E-state index < -0.39 is 0 Å². The zero-order valence-electron chi connectivity index (χ0n) is 16.4. The Balaban J connectivity index is 1.55. The minimum absolute atomic E-state index is 0.0443. The highest BCUT2D eigenvalue weighted by atomic mass is 79.9. The number of benzene rings is 3. The Morgan fingerprint density at radius 1 is 1.10 bits per heavy atom. The predicted octanol–water partition coefficient (Wildman–Crippen LogP) is 6.23. The summed E-state index contributed by atoms with van der Waals surface area (Å²) in [6, 6.07) is 20.6. The molecule has 2 aliphatic rings. The summed E-state index contributed by atoms with van der Waals surface area (Å²) in [5.41, 5.74) is 3.94. The molecule has 0 aliphatic carbocycles. The van der Waals surface area contributed by atoms with Gasteiger partial charge in [-0.2, -0.15) is 5.10 Å². The zero-order chi connectivity index (χ0) is 20.7. The average molecular weight is 467 g/mol. The summed E-state index contributed by atoms with van der Waals surface area (Å²) in [6.07, 6.45) is 0.378. The fourth-order valence-corrected chi connectivity index (χ4v) is 4.37. The molecule has 0 saturated heterocycles. The lowest BCUT2D eigenvalue weighted by Gasteiger charge is -2.38. The summed E-state index contributed by atoms with van der Waals surface area (Å²) < 4.78 is 26.4. The fraction of sp³-hybridized carbons (Fsp3) is 0.208. The molecule has 3 aromatic rings.